The largest absolute Gasteiger partial charge is 0.497 e. The first-order chi connectivity index (χ1) is 14.1. The highest BCUT2D eigenvalue weighted by molar-refractivity contribution is 6.04. The standard InChI is InChI=1S/C23H28N2O4/c1-17(29-19-13-11-18(28-2)12-14-19)22(26)24-21-10-6-5-9-20(21)23(27)25-15-7-3-4-8-16-25/h5-6,9-14,17H,3-4,7-8,15-16H2,1-2H3,(H,24,26). The molecule has 2 amide bonds. The maximum atomic E-state index is 13.0. The number of ether oxygens (including phenoxy) is 2. The summed E-state index contributed by atoms with van der Waals surface area (Å²) >= 11 is 0. The molecule has 1 heterocycles. The Balaban J connectivity index is 1.67. The predicted molar refractivity (Wildman–Crippen MR) is 113 cm³/mol. The van der Waals surface area contributed by atoms with Gasteiger partial charge >= 0.3 is 0 Å². The monoisotopic (exact) mass is 396 g/mol. The van der Waals surface area contributed by atoms with Gasteiger partial charge in [0.25, 0.3) is 11.8 Å². The number of likely N-dealkylation sites (tertiary alicyclic amines) is 1. The van der Waals surface area contributed by atoms with Crippen LogP contribution in [0.5, 0.6) is 11.5 Å². The fourth-order valence-electron chi connectivity index (χ4n) is 3.37. The van der Waals surface area contributed by atoms with Crippen LogP contribution in [0, 0.1) is 0 Å². The number of nitrogens with zero attached hydrogens (tertiary/aromatic N) is 1. The second kappa shape index (κ2) is 9.96. The minimum Gasteiger partial charge on any atom is -0.497 e. The van der Waals surface area contributed by atoms with Gasteiger partial charge in [-0.25, -0.2) is 0 Å². The van der Waals surface area contributed by atoms with Gasteiger partial charge in [0.1, 0.15) is 11.5 Å². The van der Waals surface area contributed by atoms with Crippen molar-refractivity contribution < 1.29 is 19.1 Å². The van der Waals surface area contributed by atoms with Crippen molar-refractivity contribution in [2.24, 2.45) is 0 Å². The first-order valence-electron chi connectivity index (χ1n) is 10.1. The molecule has 3 rings (SSSR count). The minimum absolute atomic E-state index is 0.0356. The van der Waals surface area contributed by atoms with E-state index in [9.17, 15) is 9.59 Å². The highest BCUT2D eigenvalue weighted by Gasteiger charge is 2.22. The lowest BCUT2D eigenvalue weighted by molar-refractivity contribution is -0.122. The molecule has 1 atom stereocenters. The Labute approximate surface area is 171 Å². The van der Waals surface area contributed by atoms with Crippen molar-refractivity contribution in [2.45, 2.75) is 38.7 Å². The Morgan fingerprint density at radius 2 is 1.55 bits per heavy atom. The van der Waals surface area contributed by atoms with Crippen LogP contribution in [0.1, 0.15) is 43.0 Å². The lowest BCUT2D eigenvalue weighted by Crippen LogP contribution is -2.34. The van der Waals surface area contributed by atoms with Gasteiger partial charge < -0.3 is 19.7 Å². The molecule has 1 N–H and O–H groups in total. The van der Waals surface area contributed by atoms with Crippen LogP contribution in [0.25, 0.3) is 0 Å². The molecular formula is C23H28N2O4. The fraction of sp³-hybridized carbons (Fsp3) is 0.391. The minimum atomic E-state index is -0.718. The van der Waals surface area contributed by atoms with Crippen molar-refractivity contribution in [1.29, 1.82) is 0 Å². The van der Waals surface area contributed by atoms with E-state index in [1.54, 1.807) is 50.4 Å². The summed E-state index contributed by atoms with van der Waals surface area (Å²) in [5, 5.41) is 2.85. The van der Waals surface area contributed by atoms with Gasteiger partial charge in [-0.15, -0.1) is 0 Å². The Morgan fingerprint density at radius 3 is 2.21 bits per heavy atom. The zero-order chi connectivity index (χ0) is 20.6. The second-order valence-corrected chi connectivity index (χ2v) is 7.18. The van der Waals surface area contributed by atoms with E-state index < -0.39 is 6.10 Å². The molecule has 0 aliphatic carbocycles. The molecule has 2 aromatic carbocycles. The number of hydrogen-bond acceptors (Lipinski definition) is 4. The van der Waals surface area contributed by atoms with Crippen molar-refractivity contribution in [3.05, 3.63) is 54.1 Å². The fourth-order valence-corrected chi connectivity index (χ4v) is 3.37. The summed E-state index contributed by atoms with van der Waals surface area (Å²) in [4.78, 5) is 27.6. The van der Waals surface area contributed by atoms with Crippen molar-refractivity contribution in [3.8, 4) is 11.5 Å². The summed E-state index contributed by atoms with van der Waals surface area (Å²) in [5.74, 6) is 0.946. The van der Waals surface area contributed by atoms with Crippen molar-refractivity contribution >= 4 is 17.5 Å². The lowest BCUT2D eigenvalue weighted by atomic mass is 10.1. The highest BCUT2D eigenvalue weighted by atomic mass is 16.5. The summed E-state index contributed by atoms with van der Waals surface area (Å²) in [6, 6.07) is 14.2. The number of carbonyl (C=O) groups excluding carboxylic acids is 2. The van der Waals surface area contributed by atoms with Crippen LogP contribution in [0.2, 0.25) is 0 Å². The van der Waals surface area contributed by atoms with Crippen LogP contribution in [0.3, 0.4) is 0 Å². The van der Waals surface area contributed by atoms with Crippen LogP contribution in [0.4, 0.5) is 5.69 Å². The third-order valence-corrected chi connectivity index (χ3v) is 5.05. The number of carbonyl (C=O) groups is 2. The van der Waals surface area contributed by atoms with Gasteiger partial charge in [0, 0.05) is 13.1 Å². The van der Waals surface area contributed by atoms with E-state index in [0.29, 0.717) is 17.0 Å². The van der Waals surface area contributed by atoms with E-state index in [2.05, 4.69) is 5.32 Å². The molecule has 1 aliphatic heterocycles. The van der Waals surface area contributed by atoms with Gasteiger partial charge in [0.15, 0.2) is 6.10 Å². The van der Waals surface area contributed by atoms with Crippen LogP contribution in [-0.4, -0.2) is 43.0 Å². The Hall–Kier alpha value is -3.02. The highest BCUT2D eigenvalue weighted by Crippen LogP contribution is 2.22. The number of hydrogen-bond donors (Lipinski definition) is 1. The SMILES string of the molecule is COc1ccc(OC(C)C(=O)Nc2ccccc2C(=O)N2CCCCCC2)cc1. The summed E-state index contributed by atoms with van der Waals surface area (Å²) in [5.41, 5.74) is 1.02. The van der Waals surface area contributed by atoms with Crippen molar-refractivity contribution in [1.82, 2.24) is 4.90 Å². The van der Waals surface area contributed by atoms with E-state index in [0.717, 1.165) is 44.5 Å². The maximum Gasteiger partial charge on any atom is 0.265 e. The number of para-hydroxylation sites is 1. The third-order valence-electron chi connectivity index (χ3n) is 5.05. The van der Waals surface area contributed by atoms with Crippen molar-refractivity contribution in [3.63, 3.8) is 0 Å². The van der Waals surface area contributed by atoms with Gasteiger partial charge in [-0.3, -0.25) is 9.59 Å². The molecule has 154 valence electrons. The smallest absolute Gasteiger partial charge is 0.265 e. The average molecular weight is 396 g/mol. The normalized spacial score (nSPS) is 15.2. The molecule has 1 saturated heterocycles. The number of benzene rings is 2. The molecule has 0 bridgehead atoms. The zero-order valence-electron chi connectivity index (χ0n) is 17.0. The van der Waals surface area contributed by atoms with Gasteiger partial charge in [-0.2, -0.15) is 0 Å². The number of methoxy groups -OCH3 is 1. The summed E-state index contributed by atoms with van der Waals surface area (Å²) < 4.78 is 10.8. The van der Waals surface area contributed by atoms with Gasteiger partial charge in [0.05, 0.1) is 18.4 Å². The first kappa shape index (κ1) is 20.7. The Morgan fingerprint density at radius 1 is 0.931 bits per heavy atom. The Bertz CT molecular complexity index is 827. The van der Waals surface area contributed by atoms with Gasteiger partial charge in [0.2, 0.25) is 0 Å². The van der Waals surface area contributed by atoms with Crippen molar-refractivity contribution in [2.75, 3.05) is 25.5 Å². The first-order valence-corrected chi connectivity index (χ1v) is 10.1. The van der Waals surface area contributed by atoms with Crippen LogP contribution >= 0.6 is 0 Å². The molecule has 0 spiro atoms. The molecule has 0 saturated carbocycles. The van der Waals surface area contributed by atoms with E-state index in [1.165, 1.54) is 0 Å². The van der Waals surface area contributed by atoms with E-state index in [1.807, 2.05) is 17.0 Å². The third kappa shape index (κ3) is 5.50. The molecule has 1 aliphatic rings. The number of rotatable bonds is 6. The number of anilines is 1. The summed E-state index contributed by atoms with van der Waals surface area (Å²) in [6.07, 6.45) is 3.63. The van der Waals surface area contributed by atoms with Crippen LogP contribution in [0.15, 0.2) is 48.5 Å². The van der Waals surface area contributed by atoms with Crippen LogP contribution < -0.4 is 14.8 Å². The molecule has 6 heteroatoms. The van der Waals surface area contributed by atoms with E-state index in [4.69, 9.17) is 9.47 Å². The van der Waals surface area contributed by atoms with E-state index in [-0.39, 0.29) is 11.8 Å². The molecule has 6 nitrogen and oxygen atoms in total. The Kier molecular flexibility index (Phi) is 7.11. The average Bonchev–Trinajstić information content (AvgIpc) is 3.04. The second-order valence-electron chi connectivity index (χ2n) is 7.18. The summed E-state index contributed by atoms with van der Waals surface area (Å²) in [6.45, 7) is 3.20. The quantitative estimate of drug-likeness (QED) is 0.798. The lowest BCUT2D eigenvalue weighted by Gasteiger charge is -2.22. The molecule has 2 aromatic rings. The summed E-state index contributed by atoms with van der Waals surface area (Å²) in [7, 11) is 1.59. The van der Waals surface area contributed by atoms with E-state index >= 15 is 0 Å². The molecule has 29 heavy (non-hydrogen) atoms. The van der Waals surface area contributed by atoms with Gasteiger partial charge in [-0.05, 0) is 56.2 Å². The molecular weight excluding hydrogens is 368 g/mol. The predicted octanol–water partition coefficient (Wildman–Crippen LogP) is 4.12. The maximum absolute atomic E-state index is 13.0. The number of nitrogens with one attached hydrogen (secondary N) is 1. The zero-order valence-corrected chi connectivity index (χ0v) is 17.0. The molecule has 0 aromatic heterocycles. The molecule has 0 radical (unpaired) electrons. The topological polar surface area (TPSA) is 67.9 Å². The molecule has 1 fully saturated rings. The van der Waals surface area contributed by atoms with Crippen LogP contribution in [-0.2, 0) is 4.79 Å². The number of amides is 2. The van der Waals surface area contributed by atoms with Gasteiger partial charge in [-0.1, -0.05) is 25.0 Å². The molecule has 1 unspecified atom stereocenters.